The number of anilines is 3. The topological polar surface area (TPSA) is 19.4 Å². The summed E-state index contributed by atoms with van der Waals surface area (Å²) >= 11 is 0. The molecule has 1 aromatic heterocycles. The third-order valence-electron chi connectivity index (χ3n) is 14.1. The number of benzene rings is 6. The molecule has 2 aliphatic carbocycles. The molecule has 0 radical (unpaired) electrons. The van der Waals surface area contributed by atoms with Crippen molar-refractivity contribution in [2.24, 2.45) is 0 Å². The van der Waals surface area contributed by atoms with Crippen molar-refractivity contribution >= 4 is 61.7 Å². The van der Waals surface area contributed by atoms with Crippen molar-refractivity contribution in [1.82, 2.24) is 4.98 Å². The van der Waals surface area contributed by atoms with E-state index >= 15 is 0 Å². The molecule has 11 rings (SSSR count). The van der Waals surface area contributed by atoms with Crippen LogP contribution in [0, 0.1) is 0 Å². The Labute approximate surface area is 337 Å². The predicted octanol–water partition coefficient (Wildman–Crippen LogP) is 14.3. The number of pyridine rings is 1. The highest BCUT2D eigenvalue weighted by molar-refractivity contribution is 6.26. The van der Waals surface area contributed by atoms with E-state index in [1.165, 1.54) is 101 Å². The Morgan fingerprint density at radius 2 is 1.33 bits per heavy atom. The van der Waals surface area contributed by atoms with E-state index in [0.717, 1.165) is 31.5 Å². The number of nitrogens with zero attached hydrogens (tertiary/aromatic N) is 3. The van der Waals surface area contributed by atoms with Gasteiger partial charge in [-0.15, -0.1) is 0 Å². The van der Waals surface area contributed by atoms with Gasteiger partial charge in [0, 0.05) is 44.5 Å². The summed E-state index contributed by atoms with van der Waals surface area (Å²) in [6.45, 7) is 14.3. The first-order chi connectivity index (χ1) is 27.5. The molecule has 0 amide bonds. The van der Waals surface area contributed by atoms with Crippen molar-refractivity contribution in [3.63, 3.8) is 0 Å². The standard InChI is InChI=1S/C54H51N3/c1-52(2)31-29-36-11-7-9-13-45(36)56(52)47-27-22-39-20-24-40-35(18-19-38-21-25-43(47)50(39)49(38)40)17-15-34-16-23-41-42-26-28-48(55-51(42)54(5,6)44(41)33-34)57-46-14-10-8-12-37(46)30-32-53(57,3)4/h7,9-11,13-28,33H,8,12,29-32H2,1-6H3. The van der Waals surface area contributed by atoms with Crippen LogP contribution in [0.15, 0.2) is 127 Å². The first kappa shape index (κ1) is 34.6. The summed E-state index contributed by atoms with van der Waals surface area (Å²) in [4.78, 5) is 10.7. The number of aryl methyl sites for hydroxylation is 1. The Hall–Kier alpha value is -5.67. The Balaban J connectivity index is 0.964. The molecule has 6 aromatic carbocycles. The summed E-state index contributed by atoms with van der Waals surface area (Å²) in [5, 5.41) is 7.93. The van der Waals surface area contributed by atoms with E-state index in [4.69, 9.17) is 4.98 Å². The van der Waals surface area contributed by atoms with E-state index in [0.29, 0.717) is 0 Å². The highest BCUT2D eigenvalue weighted by Gasteiger charge is 2.41. The molecule has 0 unspecified atom stereocenters. The van der Waals surface area contributed by atoms with Gasteiger partial charge in [-0.2, -0.15) is 0 Å². The van der Waals surface area contributed by atoms with Gasteiger partial charge < -0.3 is 9.80 Å². The summed E-state index contributed by atoms with van der Waals surface area (Å²) in [6.07, 6.45) is 16.2. The maximum Gasteiger partial charge on any atom is 0.133 e. The van der Waals surface area contributed by atoms with Crippen molar-refractivity contribution in [2.45, 2.75) is 96.6 Å². The SMILES string of the molecule is CC1(C)c2cc(C=Cc3ccc4ccc5c(N6c7ccccc7CCC6(C)C)ccc6ccc3c4c65)ccc2-c2ccc(N3C4=C(CCC=C4)CCC3(C)C)nc21. The third-order valence-corrected chi connectivity index (χ3v) is 14.1. The summed E-state index contributed by atoms with van der Waals surface area (Å²) in [5.74, 6) is 1.07. The Morgan fingerprint density at radius 1 is 0.614 bits per heavy atom. The maximum atomic E-state index is 5.52. The van der Waals surface area contributed by atoms with Gasteiger partial charge in [-0.1, -0.05) is 111 Å². The van der Waals surface area contributed by atoms with Gasteiger partial charge >= 0.3 is 0 Å². The summed E-state index contributed by atoms with van der Waals surface area (Å²) in [6, 6.07) is 39.2. The molecular weight excluding hydrogens is 691 g/mol. The van der Waals surface area contributed by atoms with Crippen molar-refractivity contribution in [2.75, 3.05) is 9.80 Å². The van der Waals surface area contributed by atoms with E-state index in [2.05, 4.69) is 179 Å². The number of rotatable bonds is 4. The van der Waals surface area contributed by atoms with Crippen LogP contribution >= 0.6 is 0 Å². The van der Waals surface area contributed by atoms with Gasteiger partial charge in [0.1, 0.15) is 5.82 Å². The second-order valence-electron chi connectivity index (χ2n) is 18.8. The Kier molecular flexibility index (Phi) is 7.38. The third kappa shape index (κ3) is 5.13. The van der Waals surface area contributed by atoms with Crippen LogP contribution < -0.4 is 9.80 Å². The van der Waals surface area contributed by atoms with Crippen molar-refractivity contribution < 1.29 is 0 Å². The number of fused-ring (bicyclic) bond motifs is 4. The molecule has 0 fully saturated rings. The minimum absolute atomic E-state index is 0.00786. The first-order valence-electron chi connectivity index (χ1n) is 21.1. The molecule has 3 heteroatoms. The molecule has 3 heterocycles. The van der Waals surface area contributed by atoms with Gasteiger partial charge in [0.05, 0.1) is 5.69 Å². The van der Waals surface area contributed by atoms with E-state index < -0.39 is 0 Å². The lowest BCUT2D eigenvalue weighted by Gasteiger charge is -2.46. The zero-order valence-electron chi connectivity index (χ0n) is 34.2. The lowest BCUT2D eigenvalue weighted by molar-refractivity contribution is 0.422. The zero-order valence-corrected chi connectivity index (χ0v) is 34.2. The van der Waals surface area contributed by atoms with E-state index in [1.807, 2.05) is 0 Å². The minimum Gasteiger partial charge on any atom is -0.335 e. The second kappa shape index (κ2) is 12.2. The fourth-order valence-electron chi connectivity index (χ4n) is 10.9. The Morgan fingerprint density at radius 3 is 2.19 bits per heavy atom. The molecule has 4 aliphatic rings. The van der Waals surface area contributed by atoms with Crippen LogP contribution in [0.3, 0.4) is 0 Å². The van der Waals surface area contributed by atoms with E-state index in [1.54, 1.807) is 5.57 Å². The number of hydrogen-bond donors (Lipinski definition) is 0. The van der Waals surface area contributed by atoms with Crippen LogP contribution in [0.5, 0.6) is 0 Å². The minimum atomic E-state index is -0.210. The highest BCUT2D eigenvalue weighted by atomic mass is 15.3. The van der Waals surface area contributed by atoms with Crippen molar-refractivity contribution in [1.29, 1.82) is 0 Å². The maximum absolute atomic E-state index is 5.52. The Bertz CT molecular complexity index is 2900. The molecule has 57 heavy (non-hydrogen) atoms. The lowest BCUT2D eigenvalue weighted by atomic mass is 9.83. The average Bonchev–Trinajstić information content (AvgIpc) is 3.43. The average molecular weight is 742 g/mol. The molecule has 2 aliphatic heterocycles. The second-order valence-corrected chi connectivity index (χ2v) is 18.8. The van der Waals surface area contributed by atoms with Gasteiger partial charge in [-0.3, -0.25) is 0 Å². The normalized spacial score (nSPS) is 19.1. The van der Waals surface area contributed by atoms with Crippen LogP contribution in [0.2, 0.25) is 0 Å². The fourth-order valence-corrected chi connectivity index (χ4v) is 10.9. The van der Waals surface area contributed by atoms with Crippen LogP contribution in [0.25, 0.3) is 55.6 Å². The van der Waals surface area contributed by atoms with E-state index in [-0.39, 0.29) is 16.5 Å². The monoisotopic (exact) mass is 741 g/mol. The van der Waals surface area contributed by atoms with Crippen LogP contribution in [-0.2, 0) is 11.8 Å². The molecule has 0 N–H and O–H groups in total. The van der Waals surface area contributed by atoms with Crippen LogP contribution in [-0.4, -0.2) is 16.1 Å². The smallest absolute Gasteiger partial charge is 0.133 e. The molecule has 0 bridgehead atoms. The largest absolute Gasteiger partial charge is 0.335 e. The van der Waals surface area contributed by atoms with Gasteiger partial charge in [0.25, 0.3) is 0 Å². The number of aromatic nitrogens is 1. The molecule has 0 saturated heterocycles. The first-order valence-corrected chi connectivity index (χ1v) is 21.1. The van der Waals surface area contributed by atoms with Crippen molar-refractivity contribution in [3.8, 4) is 11.1 Å². The van der Waals surface area contributed by atoms with Gasteiger partial charge in [0.15, 0.2) is 0 Å². The quantitative estimate of drug-likeness (QED) is 0.132. The number of allylic oxidation sites excluding steroid dienone is 3. The molecule has 7 aromatic rings. The fraction of sp³-hybridized carbons (Fsp3) is 0.278. The predicted molar refractivity (Wildman–Crippen MR) is 243 cm³/mol. The molecule has 282 valence electrons. The number of hydrogen-bond acceptors (Lipinski definition) is 3. The van der Waals surface area contributed by atoms with Gasteiger partial charge in [-0.25, -0.2) is 4.98 Å². The van der Waals surface area contributed by atoms with Crippen LogP contribution in [0.4, 0.5) is 17.2 Å². The van der Waals surface area contributed by atoms with Crippen LogP contribution in [0.1, 0.15) is 102 Å². The summed E-state index contributed by atoms with van der Waals surface area (Å²) < 4.78 is 0. The van der Waals surface area contributed by atoms with Crippen molar-refractivity contribution in [3.05, 3.63) is 154 Å². The lowest BCUT2D eigenvalue weighted by Crippen LogP contribution is -2.47. The molecule has 0 saturated carbocycles. The molecule has 3 nitrogen and oxygen atoms in total. The van der Waals surface area contributed by atoms with Gasteiger partial charge in [0.2, 0.25) is 0 Å². The molecule has 0 atom stereocenters. The molecule has 0 spiro atoms. The highest BCUT2D eigenvalue weighted by Crippen LogP contribution is 2.51. The number of para-hydroxylation sites is 1. The summed E-state index contributed by atoms with van der Waals surface area (Å²) in [7, 11) is 0. The summed E-state index contributed by atoms with van der Waals surface area (Å²) in [5.41, 5.74) is 14.4. The van der Waals surface area contributed by atoms with E-state index in [9.17, 15) is 0 Å². The van der Waals surface area contributed by atoms with Gasteiger partial charge in [-0.05, 0) is 157 Å². The zero-order chi connectivity index (χ0) is 38.8. The molecular formula is C54H51N3.